The van der Waals surface area contributed by atoms with E-state index in [1.807, 2.05) is 6.92 Å². The first-order valence-electron chi connectivity index (χ1n) is 9.11. The van der Waals surface area contributed by atoms with Gasteiger partial charge in [0.1, 0.15) is 0 Å². The molecule has 0 heterocycles. The van der Waals surface area contributed by atoms with E-state index in [1.54, 1.807) is 0 Å². The van der Waals surface area contributed by atoms with Gasteiger partial charge in [-0.3, -0.25) is 0 Å². The average Bonchev–Trinajstić information content (AvgIpc) is 2.48. The lowest BCUT2D eigenvalue weighted by molar-refractivity contribution is 0.0338. The molecular formula is C18H39NO. The van der Waals surface area contributed by atoms with Crippen LogP contribution in [0.5, 0.6) is 0 Å². The SMILES string of the molecule is CCCCCCCCCCCCCCC(O)(CC)CN. The van der Waals surface area contributed by atoms with Gasteiger partial charge in [-0.25, -0.2) is 0 Å². The number of unbranched alkanes of at least 4 members (excludes halogenated alkanes) is 11. The Hall–Kier alpha value is -0.0800. The van der Waals surface area contributed by atoms with Crippen molar-refractivity contribution in [3.05, 3.63) is 0 Å². The van der Waals surface area contributed by atoms with Crippen molar-refractivity contribution < 1.29 is 5.11 Å². The molecule has 1 unspecified atom stereocenters. The van der Waals surface area contributed by atoms with Crippen LogP contribution >= 0.6 is 0 Å². The zero-order valence-corrected chi connectivity index (χ0v) is 14.1. The Bertz CT molecular complexity index is 190. The van der Waals surface area contributed by atoms with Gasteiger partial charge in [-0.05, 0) is 12.8 Å². The number of aliphatic hydroxyl groups is 1. The van der Waals surface area contributed by atoms with Gasteiger partial charge < -0.3 is 10.8 Å². The lowest BCUT2D eigenvalue weighted by Crippen LogP contribution is -2.36. The highest BCUT2D eigenvalue weighted by molar-refractivity contribution is 4.77. The molecule has 20 heavy (non-hydrogen) atoms. The van der Waals surface area contributed by atoms with Crippen molar-refractivity contribution in [1.29, 1.82) is 0 Å². The molecule has 0 saturated carbocycles. The highest BCUT2D eigenvalue weighted by Gasteiger charge is 2.21. The summed E-state index contributed by atoms with van der Waals surface area (Å²) in [7, 11) is 0. The van der Waals surface area contributed by atoms with Crippen LogP contribution in [0.4, 0.5) is 0 Å². The minimum absolute atomic E-state index is 0.404. The zero-order chi connectivity index (χ0) is 15.1. The van der Waals surface area contributed by atoms with Gasteiger partial charge in [0.05, 0.1) is 5.60 Å². The summed E-state index contributed by atoms with van der Waals surface area (Å²) in [4.78, 5) is 0. The maximum absolute atomic E-state index is 10.1. The van der Waals surface area contributed by atoms with Crippen LogP contribution in [-0.4, -0.2) is 17.3 Å². The number of rotatable bonds is 15. The molecule has 0 aromatic heterocycles. The quantitative estimate of drug-likeness (QED) is 0.407. The predicted octanol–water partition coefficient (Wildman–Crippen LogP) is 5.18. The minimum Gasteiger partial charge on any atom is -0.389 e. The second kappa shape index (κ2) is 13.9. The zero-order valence-electron chi connectivity index (χ0n) is 14.1. The first-order chi connectivity index (χ1) is 9.68. The Kier molecular flexibility index (Phi) is 13.8. The Morgan fingerprint density at radius 3 is 1.45 bits per heavy atom. The maximum atomic E-state index is 10.1. The van der Waals surface area contributed by atoms with E-state index in [1.165, 1.54) is 70.6 Å². The number of hydrogen-bond donors (Lipinski definition) is 2. The minimum atomic E-state index is -0.599. The first kappa shape index (κ1) is 19.9. The molecule has 0 aliphatic carbocycles. The van der Waals surface area contributed by atoms with Crippen molar-refractivity contribution >= 4 is 0 Å². The summed E-state index contributed by atoms with van der Waals surface area (Å²) >= 11 is 0. The highest BCUT2D eigenvalue weighted by atomic mass is 16.3. The summed E-state index contributed by atoms with van der Waals surface area (Å²) < 4.78 is 0. The largest absolute Gasteiger partial charge is 0.389 e. The third-order valence-electron chi connectivity index (χ3n) is 4.53. The van der Waals surface area contributed by atoms with E-state index in [0.717, 1.165) is 19.3 Å². The fraction of sp³-hybridized carbons (Fsp3) is 1.00. The molecule has 0 bridgehead atoms. The van der Waals surface area contributed by atoms with Crippen molar-refractivity contribution in [2.45, 2.75) is 109 Å². The van der Waals surface area contributed by atoms with E-state index < -0.39 is 5.60 Å². The molecule has 122 valence electrons. The number of nitrogens with two attached hydrogens (primary N) is 1. The Morgan fingerprint density at radius 1 is 0.700 bits per heavy atom. The molecule has 2 heteroatoms. The fourth-order valence-corrected chi connectivity index (χ4v) is 2.72. The summed E-state index contributed by atoms with van der Waals surface area (Å²) in [5, 5.41) is 10.1. The lowest BCUT2D eigenvalue weighted by atomic mass is 9.93. The second-order valence-corrected chi connectivity index (χ2v) is 6.42. The van der Waals surface area contributed by atoms with Crippen molar-refractivity contribution in [3.63, 3.8) is 0 Å². The molecule has 1 atom stereocenters. The monoisotopic (exact) mass is 285 g/mol. The van der Waals surface area contributed by atoms with Crippen molar-refractivity contribution in [3.8, 4) is 0 Å². The van der Waals surface area contributed by atoms with Gasteiger partial charge in [-0.2, -0.15) is 0 Å². The summed E-state index contributed by atoms with van der Waals surface area (Å²) in [6.07, 6.45) is 18.0. The van der Waals surface area contributed by atoms with Crippen molar-refractivity contribution in [2.75, 3.05) is 6.54 Å². The Labute approximate surface area is 127 Å². The van der Waals surface area contributed by atoms with Gasteiger partial charge in [0.25, 0.3) is 0 Å². The molecule has 0 rings (SSSR count). The number of hydrogen-bond acceptors (Lipinski definition) is 2. The molecular weight excluding hydrogens is 246 g/mol. The smallest absolute Gasteiger partial charge is 0.0766 e. The molecule has 0 aliphatic heterocycles. The van der Waals surface area contributed by atoms with E-state index in [2.05, 4.69) is 6.92 Å². The van der Waals surface area contributed by atoms with E-state index in [9.17, 15) is 5.11 Å². The maximum Gasteiger partial charge on any atom is 0.0766 e. The molecule has 0 radical (unpaired) electrons. The van der Waals surface area contributed by atoms with Gasteiger partial charge >= 0.3 is 0 Å². The summed E-state index contributed by atoms with van der Waals surface area (Å²) in [5.74, 6) is 0. The van der Waals surface area contributed by atoms with Crippen molar-refractivity contribution in [1.82, 2.24) is 0 Å². The molecule has 0 fully saturated rings. The lowest BCUT2D eigenvalue weighted by Gasteiger charge is -2.24. The Balaban J connectivity index is 3.17. The Morgan fingerprint density at radius 2 is 1.10 bits per heavy atom. The van der Waals surface area contributed by atoms with E-state index in [0.29, 0.717) is 6.54 Å². The topological polar surface area (TPSA) is 46.2 Å². The molecule has 0 saturated heterocycles. The molecule has 0 aromatic rings. The van der Waals surface area contributed by atoms with E-state index in [-0.39, 0.29) is 0 Å². The van der Waals surface area contributed by atoms with Crippen LogP contribution in [-0.2, 0) is 0 Å². The second-order valence-electron chi connectivity index (χ2n) is 6.42. The third-order valence-corrected chi connectivity index (χ3v) is 4.53. The van der Waals surface area contributed by atoms with Gasteiger partial charge in [-0.1, -0.05) is 90.9 Å². The molecule has 0 amide bonds. The van der Waals surface area contributed by atoms with Crippen LogP contribution in [0.25, 0.3) is 0 Å². The molecule has 0 aliphatic rings. The summed E-state index contributed by atoms with van der Waals surface area (Å²) in [6, 6.07) is 0. The predicted molar refractivity (Wildman–Crippen MR) is 90.0 cm³/mol. The normalized spacial score (nSPS) is 14.4. The standard InChI is InChI=1S/C18H39NO/c1-3-5-6-7-8-9-10-11-12-13-14-15-16-18(20,4-2)17-19/h20H,3-17,19H2,1-2H3. The molecule has 2 nitrogen and oxygen atoms in total. The summed E-state index contributed by atoms with van der Waals surface area (Å²) in [5.41, 5.74) is 5.01. The van der Waals surface area contributed by atoms with Crippen LogP contribution in [0.1, 0.15) is 104 Å². The fourth-order valence-electron chi connectivity index (χ4n) is 2.72. The van der Waals surface area contributed by atoms with Crippen LogP contribution in [0, 0.1) is 0 Å². The average molecular weight is 286 g/mol. The first-order valence-corrected chi connectivity index (χ1v) is 9.11. The molecule has 3 N–H and O–H groups in total. The van der Waals surface area contributed by atoms with E-state index in [4.69, 9.17) is 5.73 Å². The highest BCUT2D eigenvalue weighted by Crippen LogP contribution is 2.19. The van der Waals surface area contributed by atoms with Crippen LogP contribution in [0.2, 0.25) is 0 Å². The summed E-state index contributed by atoms with van der Waals surface area (Å²) in [6.45, 7) is 4.70. The third kappa shape index (κ3) is 11.7. The van der Waals surface area contributed by atoms with E-state index >= 15 is 0 Å². The van der Waals surface area contributed by atoms with Crippen molar-refractivity contribution in [2.24, 2.45) is 5.73 Å². The van der Waals surface area contributed by atoms with Crippen LogP contribution < -0.4 is 5.73 Å². The van der Waals surface area contributed by atoms with Crippen LogP contribution in [0.15, 0.2) is 0 Å². The van der Waals surface area contributed by atoms with Gasteiger partial charge in [0.15, 0.2) is 0 Å². The van der Waals surface area contributed by atoms with Gasteiger partial charge in [-0.15, -0.1) is 0 Å². The van der Waals surface area contributed by atoms with Crippen LogP contribution in [0.3, 0.4) is 0 Å². The molecule has 0 aromatic carbocycles. The molecule has 0 spiro atoms. The van der Waals surface area contributed by atoms with Gasteiger partial charge in [0, 0.05) is 6.54 Å². The van der Waals surface area contributed by atoms with Gasteiger partial charge in [0.2, 0.25) is 0 Å².